The summed E-state index contributed by atoms with van der Waals surface area (Å²) >= 11 is 3.37. The lowest BCUT2D eigenvalue weighted by molar-refractivity contribution is 0.102. The zero-order chi connectivity index (χ0) is 11.4. The average Bonchev–Trinajstić information content (AvgIpc) is 2.33. The molecule has 0 radical (unpaired) electrons. The van der Waals surface area contributed by atoms with Gasteiger partial charge < -0.3 is 5.32 Å². The van der Waals surface area contributed by atoms with Gasteiger partial charge in [-0.15, -0.1) is 12.4 Å². The number of para-hydroxylation sites is 1. The van der Waals surface area contributed by atoms with E-state index in [0.29, 0.717) is 5.56 Å². The minimum absolute atomic E-state index is 0. The van der Waals surface area contributed by atoms with Crippen molar-refractivity contribution in [1.82, 2.24) is 4.98 Å². The quantitative estimate of drug-likeness (QED) is 0.921. The van der Waals surface area contributed by atoms with E-state index in [1.165, 1.54) is 0 Å². The van der Waals surface area contributed by atoms with Gasteiger partial charge >= 0.3 is 0 Å². The Morgan fingerprint density at radius 2 is 1.76 bits per heavy atom. The van der Waals surface area contributed by atoms with Crippen LogP contribution in [0.3, 0.4) is 0 Å². The highest BCUT2D eigenvalue weighted by Gasteiger charge is 2.06. The number of anilines is 1. The Bertz CT molecular complexity index is 505. The van der Waals surface area contributed by atoms with Crippen LogP contribution in [0.15, 0.2) is 53.3 Å². The molecule has 0 saturated heterocycles. The van der Waals surface area contributed by atoms with Gasteiger partial charge in [-0.2, -0.15) is 0 Å². The number of rotatable bonds is 2. The highest BCUT2D eigenvalue weighted by molar-refractivity contribution is 9.10. The Morgan fingerprint density at radius 1 is 1.12 bits per heavy atom. The van der Waals surface area contributed by atoms with Gasteiger partial charge in [0.1, 0.15) is 0 Å². The SMILES string of the molecule is Cl.O=C(Nc1ccccc1Br)c1ccncc1. The van der Waals surface area contributed by atoms with Crippen molar-refractivity contribution in [3.05, 3.63) is 58.8 Å². The van der Waals surface area contributed by atoms with Gasteiger partial charge in [0, 0.05) is 22.4 Å². The van der Waals surface area contributed by atoms with E-state index in [-0.39, 0.29) is 18.3 Å². The second-order valence-corrected chi connectivity index (χ2v) is 4.02. The first kappa shape index (κ1) is 13.7. The normalized spacial score (nSPS) is 9.24. The Kier molecular flexibility index (Phi) is 5.12. The number of amides is 1. The van der Waals surface area contributed by atoms with Crippen LogP contribution in [0.5, 0.6) is 0 Å². The van der Waals surface area contributed by atoms with Gasteiger partial charge in [-0.1, -0.05) is 12.1 Å². The van der Waals surface area contributed by atoms with Crippen molar-refractivity contribution in [2.24, 2.45) is 0 Å². The van der Waals surface area contributed by atoms with Crippen molar-refractivity contribution in [3.8, 4) is 0 Å². The Morgan fingerprint density at radius 3 is 2.41 bits per heavy atom. The number of hydrogen-bond acceptors (Lipinski definition) is 2. The van der Waals surface area contributed by atoms with Crippen LogP contribution in [-0.4, -0.2) is 10.9 Å². The van der Waals surface area contributed by atoms with Crippen molar-refractivity contribution >= 4 is 39.9 Å². The molecule has 0 aliphatic carbocycles. The van der Waals surface area contributed by atoms with E-state index in [1.54, 1.807) is 24.5 Å². The molecule has 0 bridgehead atoms. The third-order valence-corrected chi connectivity index (χ3v) is 2.76. The van der Waals surface area contributed by atoms with E-state index >= 15 is 0 Å². The molecule has 1 amide bonds. The maximum atomic E-state index is 11.8. The van der Waals surface area contributed by atoms with Crippen LogP contribution >= 0.6 is 28.3 Å². The second kappa shape index (κ2) is 6.37. The number of carbonyl (C=O) groups is 1. The number of halogens is 2. The largest absolute Gasteiger partial charge is 0.321 e. The number of carbonyl (C=O) groups excluding carboxylic acids is 1. The topological polar surface area (TPSA) is 42.0 Å². The molecular formula is C12H10BrClN2O. The lowest BCUT2D eigenvalue weighted by Crippen LogP contribution is -2.12. The molecule has 0 aliphatic heterocycles. The fourth-order valence-electron chi connectivity index (χ4n) is 1.26. The van der Waals surface area contributed by atoms with Gasteiger partial charge in [0.15, 0.2) is 0 Å². The number of nitrogens with one attached hydrogen (secondary N) is 1. The summed E-state index contributed by atoms with van der Waals surface area (Å²) in [5.41, 5.74) is 1.34. The minimum atomic E-state index is -0.144. The minimum Gasteiger partial charge on any atom is -0.321 e. The van der Waals surface area contributed by atoms with Crippen LogP contribution in [0.25, 0.3) is 0 Å². The molecule has 2 rings (SSSR count). The molecule has 1 aromatic heterocycles. The molecule has 17 heavy (non-hydrogen) atoms. The number of hydrogen-bond donors (Lipinski definition) is 1. The summed E-state index contributed by atoms with van der Waals surface area (Å²) in [5.74, 6) is -0.144. The molecule has 0 aliphatic rings. The fraction of sp³-hybridized carbons (Fsp3) is 0. The maximum Gasteiger partial charge on any atom is 0.255 e. The first-order valence-corrected chi connectivity index (χ1v) is 5.52. The van der Waals surface area contributed by atoms with E-state index in [4.69, 9.17) is 0 Å². The molecule has 1 aromatic carbocycles. The van der Waals surface area contributed by atoms with Crippen LogP contribution in [0.2, 0.25) is 0 Å². The summed E-state index contributed by atoms with van der Waals surface area (Å²) < 4.78 is 0.859. The predicted octanol–water partition coefficient (Wildman–Crippen LogP) is 3.52. The third kappa shape index (κ3) is 3.54. The molecule has 0 spiro atoms. The van der Waals surface area contributed by atoms with Gasteiger partial charge in [0.05, 0.1) is 5.69 Å². The van der Waals surface area contributed by atoms with Crippen LogP contribution in [0.1, 0.15) is 10.4 Å². The van der Waals surface area contributed by atoms with E-state index in [9.17, 15) is 4.79 Å². The molecule has 0 saturated carbocycles. The zero-order valence-electron chi connectivity index (χ0n) is 8.76. The van der Waals surface area contributed by atoms with Crippen LogP contribution in [-0.2, 0) is 0 Å². The lowest BCUT2D eigenvalue weighted by Gasteiger charge is -2.06. The van der Waals surface area contributed by atoms with E-state index in [1.807, 2.05) is 24.3 Å². The molecule has 1 heterocycles. The molecule has 0 fully saturated rings. The van der Waals surface area contributed by atoms with Crippen LogP contribution in [0.4, 0.5) is 5.69 Å². The van der Waals surface area contributed by atoms with Crippen molar-refractivity contribution in [2.75, 3.05) is 5.32 Å². The summed E-state index contributed by atoms with van der Waals surface area (Å²) in [6.45, 7) is 0. The Labute approximate surface area is 114 Å². The molecule has 3 nitrogen and oxygen atoms in total. The first-order chi connectivity index (χ1) is 7.77. The zero-order valence-corrected chi connectivity index (χ0v) is 11.2. The maximum absolute atomic E-state index is 11.8. The van der Waals surface area contributed by atoms with Gasteiger partial charge in [-0.05, 0) is 40.2 Å². The third-order valence-electron chi connectivity index (χ3n) is 2.06. The summed E-state index contributed by atoms with van der Waals surface area (Å²) in [5, 5.41) is 2.81. The molecule has 0 atom stereocenters. The molecule has 88 valence electrons. The number of benzene rings is 1. The first-order valence-electron chi connectivity index (χ1n) is 4.73. The molecule has 0 unspecified atom stereocenters. The summed E-state index contributed by atoms with van der Waals surface area (Å²) in [7, 11) is 0. The molecular weight excluding hydrogens is 304 g/mol. The van der Waals surface area contributed by atoms with E-state index in [0.717, 1.165) is 10.2 Å². The lowest BCUT2D eigenvalue weighted by atomic mass is 10.2. The summed E-state index contributed by atoms with van der Waals surface area (Å²) in [6, 6.07) is 10.8. The molecule has 5 heteroatoms. The van der Waals surface area contributed by atoms with Crippen molar-refractivity contribution < 1.29 is 4.79 Å². The second-order valence-electron chi connectivity index (χ2n) is 3.17. The summed E-state index contributed by atoms with van der Waals surface area (Å²) in [4.78, 5) is 15.7. The van der Waals surface area contributed by atoms with E-state index in [2.05, 4.69) is 26.2 Å². The Hall–Kier alpha value is -1.39. The molecule has 1 N–H and O–H groups in total. The van der Waals surface area contributed by atoms with Crippen molar-refractivity contribution in [2.45, 2.75) is 0 Å². The van der Waals surface area contributed by atoms with E-state index < -0.39 is 0 Å². The predicted molar refractivity (Wildman–Crippen MR) is 73.6 cm³/mol. The van der Waals surface area contributed by atoms with Crippen molar-refractivity contribution in [1.29, 1.82) is 0 Å². The van der Waals surface area contributed by atoms with Gasteiger partial charge in [-0.25, -0.2) is 0 Å². The number of nitrogens with zero attached hydrogens (tertiary/aromatic N) is 1. The molecule has 2 aromatic rings. The Balaban J connectivity index is 0.00000144. The standard InChI is InChI=1S/C12H9BrN2O.ClH/c13-10-3-1-2-4-11(10)15-12(16)9-5-7-14-8-6-9;/h1-8H,(H,15,16);1H. The monoisotopic (exact) mass is 312 g/mol. The smallest absolute Gasteiger partial charge is 0.255 e. The number of aromatic nitrogens is 1. The summed E-state index contributed by atoms with van der Waals surface area (Å²) in [6.07, 6.45) is 3.18. The number of pyridine rings is 1. The van der Waals surface area contributed by atoms with Crippen LogP contribution in [0, 0.1) is 0 Å². The highest BCUT2D eigenvalue weighted by atomic mass is 79.9. The van der Waals surface area contributed by atoms with Gasteiger partial charge in [0.2, 0.25) is 0 Å². The average molecular weight is 314 g/mol. The van der Waals surface area contributed by atoms with Gasteiger partial charge in [-0.3, -0.25) is 9.78 Å². The van der Waals surface area contributed by atoms with Crippen LogP contribution < -0.4 is 5.32 Å². The van der Waals surface area contributed by atoms with Gasteiger partial charge in [0.25, 0.3) is 5.91 Å². The van der Waals surface area contributed by atoms with Crippen molar-refractivity contribution in [3.63, 3.8) is 0 Å². The fourth-order valence-corrected chi connectivity index (χ4v) is 1.64. The highest BCUT2D eigenvalue weighted by Crippen LogP contribution is 2.21.